The Morgan fingerprint density at radius 1 is 1.17 bits per heavy atom. The first-order valence-electron chi connectivity index (χ1n) is 10.8. The van der Waals surface area contributed by atoms with Crippen molar-refractivity contribution in [2.24, 2.45) is 0 Å². The van der Waals surface area contributed by atoms with Gasteiger partial charge in [0.25, 0.3) is 5.89 Å². The smallest absolute Gasteiger partial charge is 0.259 e. The molecule has 8 heteroatoms. The number of likely N-dealkylation sites (tertiary alicyclic amines) is 1. The van der Waals surface area contributed by atoms with Gasteiger partial charge in [0, 0.05) is 32.8 Å². The van der Waals surface area contributed by atoms with Crippen LogP contribution in [0.25, 0.3) is 0 Å². The van der Waals surface area contributed by atoms with Crippen molar-refractivity contribution in [2.75, 3.05) is 46.6 Å². The summed E-state index contributed by atoms with van der Waals surface area (Å²) in [6.07, 6.45) is 3.57. The number of hydrogen-bond donors (Lipinski definition) is 0. The molecule has 4 rings (SSSR count). The number of ether oxygens (including phenoxy) is 4. The molecule has 0 amide bonds. The van der Waals surface area contributed by atoms with Crippen molar-refractivity contribution >= 4 is 0 Å². The predicted molar refractivity (Wildman–Crippen MR) is 110 cm³/mol. The van der Waals surface area contributed by atoms with Crippen LogP contribution in [0.15, 0.2) is 28.8 Å². The van der Waals surface area contributed by atoms with Crippen LogP contribution < -0.4 is 9.47 Å². The second-order valence-corrected chi connectivity index (χ2v) is 7.75. The molecule has 1 aromatic carbocycles. The zero-order valence-corrected chi connectivity index (χ0v) is 17.8. The van der Waals surface area contributed by atoms with Crippen molar-refractivity contribution in [2.45, 2.75) is 44.3 Å². The standard InChI is InChI=1S/C22H31N3O5/c1-3-29-22(21-23-20(24-30-21)19-5-4-15-28-19)10-12-25(13-11-22)14-16-27-18-8-6-17(26-2)7-9-18/h6-9,19H,3-5,10-16H2,1-2H3/t19-/m1/s1. The second-order valence-electron chi connectivity index (χ2n) is 7.75. The highest BCUT2D eigenvalue weighted by Crippen LogP contribution is 2.37. The zero-order valence-electron chi connectivity index (χ0n) is 17.8. The summed E-state index contributed by atoms with van der Waals surface area (Å²) in [5.41, 5.74) is -0.508. The van der Waals surface area contributed by atoms with E-state index in [1.807, 2.05) is 31.2 Å². The predicted octanol–water partition coefficient (Wildman–Crippen LogP) is 3.34. The van der Waals surface area contributed by atoms with Gasteiger partial charge < -0.3 is 23.5 Å². The van der Waals surface area contributed by atoms with Crippen LogP contribution in [0.1, 0.15) is 50.4 Å². The summed E-state index contributed by atoms with van der Waals surface area (Å²) in [5, 5.41) is 4.18. The maximum atomic E-state index is 6.17. The molecule has 0 spiro atoms. The van der Waals surface area contributed by atoms with Crippen LogP contribution in [0, 0.1) is 0 Å². The summed E-state index contributed by atoms with van der Waals surface area (Å²) in [7, 11) is 1.66. The minimum absolute atomic E-state index is 0.0450. The number of hydrogen-bond acceptors (Lipinski definition) is 8. The number of nitrogens with zero attached hydrogens (tertiary/aromatic N) is 3. The molecule has 30 heavy (non-hydrogen) atoms. The van der Waals surface area contributed by atoms with Crippen LogP contribution in [0.4, 0.5) is 0 Å². The highest BCUT2D eigenvalue weighted by molar-refractivity contribution is 5.31. The van der Waals surface area contributed by atoms with E-state index in [4.69, 9.17) is 23.5 Å². The van der Waals surface area contributed by atoms with Crippen LogP contribution in [0.2, 0.25) is 0 Å². The van der Waals surface area contributed by atoms with Gasteiger partial charge in [-0.3, -0.25) is 4.90 Å². The molecule has 0 N–H and O–H groups in total. The van der Waals surface area contributed by atoms with E-state index in [0.717, 1.165) is 63.4 Å². The lowest BCUT2D eigenvalue weighted by atomic mass is 9.90. The Labute approximate surface area is 177 Å². The lowest BCUT2D eigenvalue weighted by Crippen LogP contribution is -2.45. The van der Waals surface area contributed by atoms with E-state index >= 15 is 0 Å². The van der Waals surface area contributed by atoms with Gasteiger partial charge >= 0.3 is 0 Å². The Kier molecular flexibility index (Phi) is 6.86. The zero-order chi connectivity index (χ0) is 20.8. The molecule has 2 saturated heterocycles. The van der Waals surface area contributed by atoms with Crippen LogP contribution in [0.3, 0.4) is 0 Å². The maximum absolute atomic E-state index is 6.17. The first-order chi connectivity index (χ1) is 14.7. The fourth-order valence-corrected chi connectivity index (χ4v) is 4.13. The van der Waals surface area contributed by atoms with E-state index in [1.54, 1.807) is 7.11 Å². The van der Waals surface area contributed by atoms with E-state index in [2.05, 4.69) is 15.0 Å². The average molecular weight is 418 g/mol. The van der Waals surface area contributed by atoms with Crippen LogP contribution in [-0.2, 0) is 15.1 Å². The fourth-order valence-electron chi connectivity index (χ4n) is 4.13. The quantitative estimate of drug-likeness (QED) is 0.615. The van der Waals surface area contributed by atoms with Crippen LogP contribution in [0.5, 0.6) is 11.5 Å². The van der Waals surface area contributed by atoms with Crippen molar-refractivity contribution < 1.29 is 23.5 Å². The summed E-state index contributed by atoms with van der Waals surface area (Å²) in [5.74, 6) is 2.92. The summed E-state index contributed by atoms with van der Waals surface area (Å²) in [4.78, 5) is 7.05. The minimum Gasteiger partial charge on any atom is -0.497 e. The lowest BCUT2D eigenvalue weighted by molar-refractivity contribution is -0.104. The van der Waals surface area contributed by atoms with Gasteiger partial charge in [0.2, 0.25) is 5.82 Å². The molecule has 2 aliphatic rings. The topological polar surface area (TPSA) is 79.1 Å². The molecule has 0 bridgehead atoms. The molecule has 2 aliphatic heterocycles. The minimum atomic E-state index is -0.508. The average Bonchev–Trinajstić information content (AvgIpc) is 3.48. The third kappa shape index (κ3) is 4.77. The van der Waals surface area contributed by atoms with Gasteiger partial charge in [-0.2, -0.15) is 4.98 Å². The Morgan fingerprint density at radius 3 is 2.60 bits per heavy atom. The van der Waals surface area contributed by atoms with E-state index < -0.39 is 5.60 Å². The monoisotopic (exact) mass is 417 g/mol. The lowest BCUT2D eigenvalue weighted by Gasteiger charge is -2.38. The molecule has 2 fully saturated rings. The summed E-state index contributed by atoms with van der Waals surface area (Å²) >= 11 is 0. The molecule has 1 aromatic heterocycles. The van der Waals surface area contributed by atoms with Gasteiger partial charge in [0.05, 0.1) is 7.11 Å². The summed E-state index contributed by atoms with van der Waals surface area (Å²) in [6, 6.07) is 7.66. The molecule has 3 heterocycles. The number of methoxy groups -OCH3 is 1. The van der Waals surface area contributed by atoms with E-state index in [1.165, 1.54) is 0 Å². The van der Waals surface area contributed by atoms with Crippen molar-refractivity contribution in [3.05, 3.63) is 36.0 Å². The van der Waals surface area contributed by atoms with Crippen LogP contribution in [-0.4, -0.2) is 61.6 Å². The van der Waals surface area contributed by atoms with Gasteiger partial charge in [0.1, 0.15) is 29.8 Å². The van der Waals surface area contributed by atoms with Gasteiger partial charge in [0.15, 0.2) is 0 Å². The molecular formula is C22H31N3O5. The van der Waals surface area contributed by atoms with Crippen molar-refractivity contribution in [1.29, 1.82) is 0 Å². The van der Waals surface area contributed by atoms with Crippen molar-refractivity contribution in [3.63, 3.8) is 0 Å². The Morgan fingerprint density at radius 2 is 1.93 bits per heavy atom. The van der Waals surface area contributed by atoms with Gasteiger partial charge in [-0.25, -0.2) is 0 Å². The molecule has 164 valence electrons. The molecular weight excluding hydrogens is 386 g/mol. The molecule has 2 aromatic rings. The normalized spacial score (nSPS) is 21.6. The third-order valence-corrected chi connectivity index (χ3v) is 5.87. The SMILES string of the molecule is CCOC1(c2nc([C@H]3CCCO3)no2)CCN(CCOc2ccc(OC)cc2)CC1. The first-order valence-corrected chi connectivity index (χ1v) is 10.8. The highest BCUT2D eigenvalue weighted by Gasteiger charge is 2.42. The summed E-state index contributed by atoms with van der Waals surface area (Å²) < 4.78 is 28.5. The molecule has 0 saturated carbocycles. The van der Waals surface area contributed by atoms with Gasteiger partial charge in [-0.05, 0) is 56.9 Å². The van der Waals surface area contributed by atoms with Crippen molar-refractivity contribution in [1.82, 2.24) is 15.0 Å². The van der Waals surface area contributed by atoms with E-state index in [-0.39, 0.29) is 6.10 Å². The Hall–Kier alpha value is -2.16. The highest BCUT2D eigenvalue weighted by atomic mass is 16.5. The Balaban J connectivity index is 1.30. The molecule has 8 nitrogen and oxygen atoms in total. The van der Waals surface area contributed by atoms with Crippen LogP contribution >= 0.6 is 0 Å². The van der Waals surface area contributed by atoms with E-state index in [9.17, 15) is 0 Å². The number of aromatic nitrogens is 2. The Bertz CT molecular complexity index is 780. The van der Waals surface area contributed by atoms with Gasteiger partial charge in [-0.1, -0.05) is 5.16 Å². The molecule has 0 radical (unpaired) electrons. The molecule has 0 unspecified atom stereocenters. The maximum Gasteiger partial charge on any atom is 0.259 e. The third-order valence-electron chi connectivity index (χ3n) is 5.87. The fraction of sp³-hybridized carbons (Fsp3) is 0.636. The molecule has 1 atom stereocenters. The second kappa shape index (κ2) is 9.76. The van der Waals surface area contributed by atoms with E-state index in [0.29, 0.717) is 24.9 Å². The number of piperidine rings is 1. The molecule has 0 aliphatic carbocycles. The largest absolute Gasteiger partial charge is 0.497 e. The first kappa shape index (κ1) is 21.1. The van der Waals surface area contributed by atoms with Crippen molar-refractivity contribution in [3.8, 4) is 11.5 Å². The summed E-state index contributed by atoms with van der Waals surface area (Å²) in [6.45, 7) is 6.66. The number of benzene rings is 1. The number of rotatable bonds is 9. The van der Waals surface area contributed by atoms with Gasteiger partial charge in [-0.15, -0.1) is 0 Å².